The summed E-state index contributed by atoms with van der Waals surface area (Å²) in [6, 6.07) is 9.33. The van der Waals surface area contributed by atoms with Crippen LogP contribution in [0.15, 0.2) is 30.3 Å². The summed E-state index contributed by atoms with van der Waals surface area (Å²) >= 11 is 6.13. The third-order valence-corrected chi connectivity index (χ3v) is 4.73. The van der Waals surface area contributed by atoms with Crippen LogP contribution in [-0.2, 0) is 9.53 Å². The van der Waals surface area contributed by atoms with Gasteiger partial charge in [0, 0.05) is 27.9 Å². The summed E-state index contributed by atoms with van der Waals surface area (Å²) < 4.78 is 7.64. The van der Waals surface area contributed by atoms with Crippen LogP contribution >= 0.6 is 11.6 Å². The Hall–Kier alpha value is -2.44. The molecule has 29 heavy (non-hydrogen) atoms. The molecule has 0 bridgehead atoms. The van der Waals surface area contributed by atoms with E-state index in [-0.39, 0.29) is 5.92 Å². The van der Waals surface area contributed by atoms with Gasteiger partial charge in [0.1, 0.15) is 0 Å². The van der Waals surface area contributed by atoms with Crippen molar-refractivity contribution in [2.45, 2.75) is 59.2 Å². The molecule has 0 aliphatic carbocycles. The number of aromatic nitrogens is 3. The fraction of sp³-hybridized carbons (Fsp3) is 0.409. The number of benzene rings is 1. The molecule has 0 aliphatic rings. The van der Waals surface area contributed by atoms with Gasteiger partial charge in [0.25, 0.3) is 0 Å². The molecule has 1 atom stereocenters. The van der Waals surface area contributed by atoms with Gasteiger partial charge in [0.2, 0.25) is 0 Å². The minimum Gasteiger partial charge on any atom is -0.479 e. The molecule has 7 heteroatoms. The SMILES string of the molecule is Cc1nc2cc(-c3cccc(Cl)c3)nn2c(C(C)C)c1[C@H](OC(C)(C)C)C(=O)O. The molecule has 0 saturated heterocycles. The molecule has 0 saturated carbocycles. The minimum atomic E-state index is -1.14. The highest BCUT2D eigenvalue weighted by molar-refractivity contribution is 6.30. The largest absolute Gasteiger partial charge is 0.479 e. The van der Waals surface area contributed by atoms with Gasteiger partial charge < -0.3 is 9.84 Å². The highest BCUT2D eigenvalue weighted by atomic mass is 35.5. The summed E-state index contributed by atoms with van der Waals surface area (Å²) in [4.78, 5) is 16.8. The summed E-state index contributed by atoms with van der Waals surface area (Å²) in [5, 5.41) is 15.3. The third-order valence-electron chi connectivity index (χ3n) is 4.49. The number of aryl methyl sites for hydroxylation is 1. The molecule has 6 nitrogen and oxygen atoms in total. The van der Waals surface area contributed by atoms with Crippen molar-refractivity contribution < 1.29 is 14.6 Å². The molecule has 0 aliphatic heterocycles. The van der Waals surface area contributed by atoms with Crippen molar-refractivity contribution in [2.24, 2.45) is 0 Å². The lowest BCUT2D eigenvalue weighted by Gasteiger charge is -2.28. The molecule has 3 rings (SSSR count). The van der Waals surface area contributed by atoms with E-state index in [1.807, 2.05) is 71.9 Å². The Kier molecular flexibility index (Phi) is 5.70. The average molecular weight is 416 g/mol. The molecular formula is C22H26ClN3O3. The number of ether oxygens (including phenoxy) is 1. The Morgan fingerprint density at radius 1 is 1.24 bits per heavy atom. The molecule has 0 spiro atoms. The Balaban J connectivity index is 2.27. The van der Waals surface area contributed by atoms with Crippen molar-refractivity contribution in [3.05, 3.63) is 52.3 Å². The van der Waals surface area contributed by atoms with E-state index in [0.29, 0.717) is 21.9 Å². The smallest absolute Gasteiger partial charge is 0.337 e. The van der Waals surface area contributed by atoms with Crippen molar-refractivity contribution in [2.75, 3.05) is 0 Å². The maximum atomic E-state index is 12.1. The minimum absolute atomic E-state index is 0.00623. The van der Waals surface area contributed by atoms with Gasteiger partial charge in [-0.2, -0.15) is 5.10 Å². The number of carbonyl (C=O) groups is 1. The average Bonchev–Trinajstić information content (AvgIpc) is 3.01. The van der Waals surface area contributed by atoms with Crippen LogP contribution in [0.4, 0.5) is 0 Å². The number of aliphatic carboxylic acids is 1. The van der Waals surface area contributed by atoms with Crippen molar-refractivity contribution in [3.8, 4) is 11.3 Å². The second-order valence-electron chi connectivity index (χ2n) is 8.41. The molecule has 0 unspecified atom stereocenters. The standard InChI is InChI=1S/C22H26ClN3O3/c1-12(2)19-18(20(21(27)28)29-22(4,5)6)13(3)24-17-11-16(25-26(17)19)14-8-7-9-15(23)10-14/h7-12,20H,1-6H3,(H,27,28)/t20-/m0/s1. The molecule has 154 valence electrons. The molecular weight excluding hydrogens is 390 g/mol. The number of hydrogen-bond acceptors (Lipinski definition) is 4. The van der Waals surface area contributed by atoms with Gasteiger partial charge in [-0.05, 0) is 45.7 Å². The van der Waals surface area contributed by atoms with Crippen LogP contribution in [0.1, 0.15) is 63.6 Å². The van der Waals surface area contributed by atoms with E-state index in [1.54, 1.807) is 4.52 Å². The number of hydrogen-bond donors (Lipinski definition) is 1. The second-order valence-corrected chi connectivity index (χ2v) is 8.85. The third kappa shape index (κ3) is 4.43. The molecule has 3 aromatic rings. The molecule has 1 aromatic carbocycles. The van der Waals surface area contributed by atoms with Gasteiger partial charge in [-0.25, -0.2) is 14.3 Å². The van der Waals surface area contributed by atoms with Gasteiger partial charge in [0.05, 0.1) is 17.0 Å². The Morgan fingerprint density at radius 3 is 2.48 bits per heavy atom. The predicted octanol–water partition coefficient (Wildman–Crippen LogP) is 5.42. The van der Waals surface area contributed by atoms with Gasteiger partial charge in [-0.15, -0.1) is 0 Å². The van der Waals surface area contributed by atoms with Crippen molar-refractivity contribution in [1.29, 1.82) is 0 Å². The summed E-state index contributed by atoms with van der Waals surface area (Å²) in [7, 11) is 0. The highest BCUT2D eigenvalue weighted by Crippen LogP contribution is 2.34. The number of rotatable bonds is 5. The number of nitrogens with zero attached hydrogens (tertiary/aromatic N) is 3. The molecule has 1 N–H and O–H groups in total. The van der Waals surface area contributed by atoms with Crippen LogP contribution < -0.4 is 0 Å². The lowest BCUT2D eigenvalue weighted by atomic mass is 9.97. The first-order valence-corrected chi connectivity index (χ1v) is 9.92. The quantitative estimate of drug-likeness (QED) is 0.601. The predicted molar refractivity (Wildman–Crippen MR) is 113 cm³/mol. The molecule has 0 radical (unpaired) electrons. The van der Waals surface area contributed by atoms with Crippen LogP contribution in [0, 0.1) is 6.92 Å². The number of carboxylic acids is 1. The summed E-state index contributed by atoms with van der Waals surface area (Å²) in [5.74, 6) is -1.04. The van der Waals surface area contributed by atoms with E-state index in [0.717, 1.165) is 17.0 Å². The Morgan fingerprint density at radius 2 is 1.93 bits per heavy atom. The van der Waals surface area contributed by atoms with Crippen LogP contribution in [0.3, 0.4) is 0 Å². The maximum absolute atomic E-state index is 12.1. The fourth-order valence-electron chi connectivity index (χ4n) is 3.41. The van der Waals surface area contributed by atoms with E-state index >= 15 is 0 Å². The number of carboxylic acid groups (broad SMARTS) is 1. The highest BCUT2D eigenvalue weighted by Gasteiger charge is 2.33. The number of halogens is 1. The van der Waals surface area contributed by atoms with E-state index in [2.05, 4.69) is 4.98 Å². The van der Waals surface area contributed by atoms with E-state index < -0.39 is 17.7 Å². The Labute approximate surface area is 175 Å². The van der Waals surface area contributed by atoms with Gasteiger partial charge in [-0.1, -0.05) is 37.6 Å². The first-order chi connectivity index (χ1) is 13.5. The molecule has 2 heterocycles. The van der Waals surface area contributed by atoms with Gasteiger partial charge in [0.15, 0.2) is 11.8 Å². The lowest BCUT2D eigenvalue weighted by Crippen LogP contribution is -2.29. The maximum Gasteiger partial charge on any atom is 0.337 e. The summed E-state index contributed by atoms with van der Waals surface area (Å²) in [6.07, 6.45) is -1.14. The van der Waals surface area contributed by atoms with Crippen molar-refractivity contribution >= 4 is 23.2 Å². The Bertz CT molecular complexity index is 1070. The first kappa shape index (κ1) is 21.3. The number of fused-ring (bicyclic) bond motifs is 1. The molecule has 0 amide bonds. The lowest BCUT2D eigenvalue weighted by molar-refractivity contribution is -0.160. The monoisotopic (exact) mass is 415 g/mol. The summed E-state index contributed by atoms with van der Waals surface area (Å²) in [5.41, 5.74) is 3.57. The zero-order valence-corrected chi connectivity index (χ0v) is 18.3. The van der Waals surface area contributed by atoms with Gasteiger partial charge >= 0.3 is 5.97 Å². The van der Waals surface area contributed by atoms with Crippen LogP contribution in [0.25, 0.3) is 16.9 Å². The van der Waals surface area contributed by atoms with Crippen LogP contribution in [0.5, 0.6) is 0 Å². The fourth-order valence-corrected chi connectivity index (χ4v) is 3.60. The summed E-state index contributed by atoms with van der Waals surface area (Å²) in [6.45, 7) is 11.3. The van der Waals surface area contributed by atoms with E-state index in [1.165, 1.54) is 0 Å². The first-order valence-electron chi connectivity index (χ1n) is 9.54. The van der Waals surface area contributed by atoms with Crippen molar-refractivity contribution in [1.82, 2.24) is 14.6 Å². The normalized spacial score (nSPS) is 13.2. The topological polar surface area (TPSA) is 76.7 Å². The second kappa shape index (κ2) is 7.76. The molecule has 2 aromatic heterocycles. The van der Waals surface area contributed by atoms with E-state index in [4.69, 9.17) is 21.4 Å². The van der Waals surface area contributed by atoms with Crippen LogP contribution in [-0.4, -0.2) is 31.3 Å². The van der Waals surface area contributed by atoms with Crippen LogP contribution in [0.2, 0.25) is 5.02 Å². The van der Waals surface area contributed by atoms with E-state index in [9.17, 15) is 9.90 Å². The van der Waals surface area contributed by atoms with Gasteiger partial charge in [-0.3, -0.25) is 0 Å². The zero-order valence-electron chi connectivity index (χ0n) is 17.5. The zero-order chi connectivity index (χ0) is 21.5. The molecule has 0 fully saturated rings. The van der Waals surface area contributed by atoms with Crippen molar-refractivity contribution in [3.63, 3.8) is 0 Å².